The van der Waals surface area contributed by atoms with Gasteiger partial charge in [0, 0.05) is 0 Å². The summed E-state index contributed by atoms with van der Waals surface area (Å²) in [5.41, 5.74) is 6.44. The van der Waals surface area contributed by atoms with Crippen molar-refractivity contribution in [1.29, 1.82) is 0 Å². The summed E-state index contributed by atoms with van der Waals surface area (Å²) in [6.45, 7) is 6.00. The van der Waals surface area contributed by atoms with E-state index in [9.17, 15) is 9.59 Å². The Morgan fingerprint density at radius 1 is 0.957 bits per heavy atom. The average molecular weight is 956 g/mol. The number of carbonyl (C=O) groups excluding carboxylic acids is 2. The summed E-state index contributed by atoms with van der Waals surface area (Å²) in [5, 5.41) is 0. The number of halogens is 3. The second kappa shape index (κ2) is 12.0. The molecule has 0 amide bonds. The quantitative estimate of drug-likeness (QED) is 0.0988. The molecule has 7 rings (SSSR count). The summed E-state index contributed by atoms with van der Waals surface area (Å²) in [6, 6.07) is 30.0. The van der Waals surface area contributed by atoms with Gasteiger partial charge in [0.15, 0.2) is 0 Å². The van der Waals surface area contributed by atoms with Crippen LogP contribution in [0.3, 0.4) is 0 Å². The van der Waals surface area contributed by atoms with Crippen molar-refractivity contribution in [2.75, 3.05) is 6.61 Å². The standard InChI is InChI=1S/C38H41I3NO4/c1-4-26(2)33(43)46-36-21-28-19-27-20-35(22-36,23-37(27,28)24-36)34(44)45-25-38(39,42)40-31-17-11-12-18-32(31)41(3,29-13-7-5-8-14-29)30-15-9-6-10-16-30/h5-18,27-28H,2-4,19-25,42H2,1H3/q-1. The van der Waals surface area contributed by atoms with Crippen LogP contribution in [0.1, 0.15) is 51.9 Å². The number of nitrogens with two attached hydrogens (primary N) is 1. The molecule has 6 unspecified atom stereocenters. The Morgan fingerprint density at radius 3 is 2.22 bits per heavy atom. The molecule has 3 bridgehead atoms. The fourth-order valence-corrected chi connectivity index (χ4v) is 23.0. The van der Waals surface area contributed by atoms with E-state index in [1.807, 2.05) is 6.92 Å². The molecule has 0 aromatic heterocycles. The van der Waals surface area contributed by atoms with Crippen LogP contribution in [0.4, 0.5) is 0 Å². The van der Waals surface area contributed by atoms with Crippen molar-refractivity contribution in [2.45, 2.75) is 59.0 Å². The third-order valence-electron chi connectivity index (χ3n) is 10.9. The molecule has 0 radical (unpaired) electrons. The van der Waals surface area contributed by atoms with E-state index < -0.39 is 51.7 Å². The monoisotopic (exact) mass is 956 g/mol. The van der Waals surface area contributed by atoms with Crippen molar-refractivity contribution < 1.29 is 40.3 Å². The molecule has 2 N–H and O–H groups in total. The molecule has 0 heterocycles. The van der Waals surface area contributed by atoms with Gasteiger partial charge in [-0.25, -0.2) is 0 Å². The normalized spacial score (nSPS) is 30.6. The fourth-order valence-electron chi connectivity index (χ4n) is 9.04. The second-order valence-electron chi connectivity index (χ2n) is 13.7. The Balaban J connectivity index is 1.12. The third-order valence-corrected chi connectivity index (χ3v) is 25.0. The molecule has 0 aliphatic heterocycles. The molecule has 244 valence electrons. The number of ether oxygens (including phenoxy) is 2. The molecule has 4 fully saturated rings. The van der Waals surface area contributed by atoms with Crippen LogP contribution in [-0.2, 0) is 19.1 Å². The van der Waals surface area contributed by atoms with E-state index in [2.05, 4.69) is 114 Å². The van der Waals surface area contributed by atoms with Crippen LogP contribution in [-0.4, -0.2) is 30.2 Å². The Bertz CT molecular complexity index is 1700. The van der Waals surface area contributed by atoms with Crippen molar-refractivity contribution in [3.8, 4) is 0 Å². The number of hydrogen-bond acceptors (Lipinski definition) is 5. The molecule has 3 aromatic carbocycles. The molecular weight excluding hydrogens is 915 g/mol. The first-order valence-electron chi connectivity index (χ1n) is 16.0. The van der Waals surface area contributed by atoms with Gasteiger partial charge in [0.2, 0.25) is 0 Å². The van der Waals surface area contributed by atoms with Crippen LogP contribution < -0.4 is 26.9 Å². The van der Waals surface area contributed by atoms with Crippen LogP contribution >= 0.6 is 40.6 Å². The molecule has 3 aromatic rings. The van der Waals surface area contributed by atoms with Crippen LogP contribution in [0.25, 0.3) is 0 Å². The molecule has 4 aliphatic rings. The van der Waals surface area contributed by atoms with E-state index in [4.69, 9.17) is 19.7 Å². The summed E-state index contributed by atoms with van der Waals surface area (Å²) >= 11 is -1.63. The van der Waals surface area contributed by atoms with Crippen molar-refractivity contribution in [1.82, 2.24) is 0 Å². The molecule has 6 atom stereocenters. The Morgan fingerprint density at radius 2 is 1.57 bits per heavy atom. The zero-order valence-corrected chi connectivity index (χ0v) is 32.6. The van der Waals surface area contributed by atoms with Crippen LogP contribution in [0.5, 0.6) is 0 Å². The van der Waals surface area contributed by atoms with Gasteiger partial charge >= 0.3 is 303 Å². The maximum atomic E-state index is 14.1. The van der Waals surface area contributed by atoms with Gasteiger partial charge in [-0.2, -0.15) is 0 Å². The molecule has 46 heavy (non-hydrogen) atoms. The predicted molar refractivity (Wildman–Crippen MR) is 195 cm³/mol. The number of carbonyl (C=O) groups is 2. The molecule has 4 saturated carbocycles. The molecule has 5 nitrogen and oxygen atoms in total. The van der Waals surface area contributed by atoms with Crippen LogP contribution in [0.2, 0.25) is 0 Å². The van der Waals surface area contributed by atoms with E-state index in [1.165, 1.54) is 14.3 Å². The topological polar surface area (TPSA) is 78.6 Å². The first-order valence-corrected chi connectivity index (χ1v) is 24.0. The molecule has 4 aliphatic carbocycles. The number of hydrogen-bond donors (Lipinski definition) is 1. The Hall–Kier alpha value is -1.64. The van der Waals surface area contributed by atoms with Crippen molar-refractivity contribution >= 4 is 57.0 Å². The van der Waals surface area contributed by atoms with E-state index in [0.29, 0.717) is 30.3 Å². The van der Waals surface area contributed by atoms with Crippen molar-refractivity contribution in [2.24, 2.45) is 28.4 Å². The SMILES string of the molecule is C=C(CC)C(=O)OC12CC3CC4CC(C(=O)OCC(N)(I)[I-]c5ccccc5I(=C)(c5ccccc5)c5ccccc5)(C1)CC34C2. The molecule has 1 spiro atoms. The summed E-state index contributed by atoms with van der Waals surface area (Å²) in [4.78, 5) is 27.1. The zero-order valence-electron chi connectivity index (χ0n) is 26.2. The van der Waals surface area contributed by atoms with Gasteiger partial charge in [-0.1, -0.05) is 0 Å². The van der Waals surface area contributed by atoms with E-state index >= 15 is 0 Å². The number of alkyl halides is 2. The summed E-state index contributed by atoms with van der Waals surface area (Å²) in [7, 11) is 0. The van der Waals surface area contributed by atoms with Gasteiger partial charge in [0.05, 0.1) is 0 Å². The van der Waals surface area contributed by atoms with Crippen LogP contribution in [0.15, 0.2) is 97.1 Å². The summed E-state index contributed by atoms with van der Waals surface area (Å²) in [5.74, 6) is 0.574. The van der Waals surface area contributed by atoms with Gasteiger partial charge in [-0.05, 0) is 0 Å². The minimum atomic E-state index is -3.17. The first kappa shape index (κ1) is 32.9. The average Bonchev–Trinajstić information content (AvgIpc) is 3.36. The fraction of sp³-hybridized carbons (Fsp3) is 0.395. The first-order chi connectivity index (χ1) is 21.9. The van der Waals surface area contributed by atoms with E-state index in [1.54, 1.807) is 0 Å². The van der Waals surface area contributed by atoms with Gasteiger partial charge in [-0.3, -0.25) is 0 Å². The Kier molecular flexibility index (Phi) is 8.61. The summed E-state index contributed by atoms with van der Waals surface area (Å²) in [6.07, 6.45) is 5.66. The van der Waals surface area contributed by atoms with Gasteiger partial charge < -0.3 is 0 Å². The molecule has 8 heteroatoms. The van der Waals surface area contributed by atoms with Crippen LogP contribution in [0, 0.1) is 36.9 Å². The molecule has 0 saturated heterocycles. The van der Waals surface area contributed by atoms with E-state index in [0.717, 1.165) is 32.1 Å². The van der Waals surface area contributed by atoms with E-state index in [-0.39, 0.29) is 24.0 Å². The van der Waals surface area contributed by atoms with Crippen molar-refractivity contribution in [3.63, 3.8) is 0 Å². The third kappa shape index (κ3) is 5.45. The maximum absolute atomic E-state index is 14.1. The van der Waals surface area contributed by atoms with Gasteiger partial charge in [0.25, 0.3) is 0 Å². The summed E-state index contributed by atoms with van der Waals surface area (Å²) < 4.78 is 21.9. The second-order valence-corrected chi connectivity index (χ2v) is 28.9. The predicted octanol–water partition coefficient (Wildman–Crippen LogP) is 4.77. The number of esters is 2. The number of benzene rings is 3. The minimum absolute atomic E-state index is 0.111. The van der Waals surface area contributed by atoms with Gasteiger partial charge in [-0.15, -0.1) is 0 Å². The molecular formula is C38H41I3NO4-. The number of rotatable bonds is 11. The zero-order chi connectivity index (χ0) is 32.4. The number of fused-ring (bicyclic) bond motifs is 2. The Labute approximate surface area is 299 Å². The van der Waals surface area contributed by atoms with Crippen molar-refractivity contribution in [3.05, 3.63) is 111 Å². The van der Waals surface area contributed by atoms with Gasteiger partial charge in [0.1, 0.15) is 0 Å².